The van der Waals surface area contributed by atoms with Gasteiger partial charge in [-0.2, -0.15) is 0 Å². The van der Waals surface area contributed by atoms with Gasteiger partial charge < -0.3 is 0 Å². The van der Waals surface area contributed by atoms with Gasteiger partial charge in [0.15, 0.2) is 0 Å². The molecule has 0 aliphatic heterocycles. The molecule has 0 N–H and O–H groups in total. The predicted octanol–water partition coefficient (Wildman–Crippen LogP) is 3.27. The van der Waals surface area contributed by atoms with Gasteiger partial charge in [0.1, 0.15) is 6.33 Å². The third-order valence-electron chi connectivity index (χ3n) is 1.99. The molecular formula is C12H16N2. The Bertz CT molecular complexity index is 422. The monoisotopic (exact) mass is 188 g/mol. The van der Waals surface area contributed by atoms with Crippen LogP contribution in [0.2, 0.25) is 0 Å². The topological polar surface area (TPSA) is 25.8 Å². The lowest BCUT2D eigenvalue weighted by atomic mass is 10.1. The first-order chi connectivity index (χ1) is 6.77. The zero-order chi connectivity index (χ0) is 10.6. The van der Waals surface area contributed by atoms with Gasteiger partial charge in [-0.25, -0.2) is 9.97 Å². The number of aryl methyl sites for hydroxylation is 2. The summed E-state index contributed by atoms with van der Waals surface area (Å²) in [4.78, 5) is 8.31. The lowest BCUT2D eigenvalue weighted by Gasteiger charge is -2.00. The second kappa shape index (κ2) is 4.70. The maximum Gasteiger partial charge on any atom is 0.116 e. The molecular weight excluding hydrogens is 172 g/mol. The Morgan fingerprint density at radius 1 is 1.00 bits per heavy atom. The molecule has 2 rings (SSSR count). The van der Waals surface area contributed by atoms with Crippen molar-refractivity contribution in [1.29, 1.82) is 0 Å². The summed E-state index contributed by atoms with van der Waals surface area (Å²) in [6, 6.07) is 6.21. The zero-order valence-electron chi connectivity index (χ0n) is 9.20. The number of hydrogen-bond donors (Lipinski definition) is 0. The van der Waals surface area contributed by atoms with E-state index in [4.69, 9.17) is 0 Å². The van der Waals surface area contributed by atoms with Crippen molar-refractivity contribution in [3.8, 4) is 0 Å². The van der Waals surface area contributed by atoms with Crippen molar-refractivity contribution in [1.82, 2.24) is 9.97 Å². The van der Waals surface area contributed by atoms with E-state index in [0.29, 0.717) is 0 Å². The summed E-state index contributed by atoms with van der Waals surface area (Å²) < 4.78 is 0. The summed E-state index contributed by atoms with van der Waals surface area (Å²) in [6.07, 6.45) is 1.60. The third-order valence-corrected chi connectivity index (χ3v) is 1.99. The van der Waals surface area contributed by atoms with Crippen LogP contribution in [0.3, 0.4) is 0 Å². The van der Waals surface area contributed by atoms with E-state index in [9.17, 15) is 0 Å². The summed E-state index contributed by atoms with van der Waals surface area (Å²) in [5, 5.41) is 1.15. The van der Waals surface area contributed by atoms with E-state index in [1.807, 2.05) is 26.8 Å². The van der Waals surface area contributed by atoms with Gasteiger partial charge >= 0.3 is 0 Å². The van der Waals surface area contributed by atoms with E-state index >= 15 is 0 Å². The molecule has 0 aliphatic carbocycles. The zero-order valence-corrected chi connectivity index (χ0v) is 9.20. The Morgan fingerprint density at radius 3 is 2.43 bits per heavy atom. The van der Waals surface area contributed by atoms with Crippen LogP contribution < -0.4 is 0 Å². The molecule has 2 heteroatoms. The molecule has 0 saturated carbocycles. The van der Waals surface area contributed by atoms with Gasteiger partial charge in [0, 0.05) is 11.1 Å². The summed E-state index contributed by atoms with van der Waals surface area (Å²) in [7, 11) is 0. The first-order valence-electron chi connectivity index (χ1n) is 4.95. The van der Waals surface area contributed by atoms with Crippen LogP contribution in [0.4, 0.5) is 0 Å². The van der Waals surface area contributed by atoms with Gasteiger partial charge in [0.05, 0.1) is 5.52 Å². The highest BCUT2D eigenvalue weighted by molar-refractivity contribution is 5.80. The molecule has 1 heterocycles. The van der Waals surface area contributed by atoms with Gasteiger partial charge in [-0.1, -0.05) is 25.5 Å². The van der Waals surface area contributed by atoms with Crippen LogP contribution >= 0.6 is 0 Å². The number of benzene rings is 1. The Labute approximate surface area is 85.0 Å². The molecule has 0 fully saturated rings. The molecule has 2 nitrogen and oxygen atoms in total. The van der Waals surface area contributed by atoms with Crippen LogP contribution in [0.1, 0.15) is 25.1 Å². The van der Waals surface area contributed by atoms with Gasteiger partial charge in [0.25, 0.3) is 0 Å². The van der Waals surface area contributed by atoms with Crippen molar-refractivity contribution in [2.24, 2.45) is 0 Å². The summed E-state index contributed by atoms with van der Waals surface area (Å²) in [5.74, 6) is 0. The number of fused-ring (bicyclic) bond motifs is 1. The first-order valence-corrected chi connectivity index (χ1v) is 4.95. The summed E-state index contributed by atoms with van der Waals surface area (Å²) in [5.41, 5.74) is 3.32. The number of rotatable bonds is 0. The quantitative estimate of drug-likeness (QED) is 0.634. The molecule has 0 radical (unpaired) electrons. The smallest absolute Gasteiger partial charge is 0.116 e. The fourth-order valence-corrected chi connectivity index (χ4v) is 1.30. The molecule has 0 atom stereocenters. The lowest BCUT2D eigenvalue weighted by Crippen LogP contribution is -1.87. The SMILES string of the molecule is CC.Cc1ccc2ncnc(C)c2c1. The highest BCUT2D eigenvalue weighted by atomic mass is 14.8. The standard InChI is InChI=1S/C10H10N2.C2H6/c1-7-3-4-10-9(5-7)8(2)11-6-12-10;1-2/h3-6H,1-2H3;1-2H3. The second-order valence-electron chi connectivity index (χ2n) is 2.98. The van der Waals surface area contributed by atoms with Crippen molar-refractivity contribution in [3.05, 3.63) is 35.8 Å². The van der Waals surface area contributed by atoms with E-state index < -0.39 is 0 Å². The van der Waals surface area contributed by atoms with Gasteiger partial charge in [0.2, 0.25) is 0 Å². The van der Waals surface area contributed by atoms with Gasteiger partial charge in [-0.05, 0) is 26.0 Å². The molecule has 1 aromatic carbocycles. The van der Waals surface area contributed by atoms with Gasteiger partial charge in [-0.3, -0.25) is 0 Å². The minimum atomic E-state index is 1.02. The van der Waals surface area contributed by atoms with Crippen LogP contribution in [0.5, 0.6) is 0 Å². The maximum atomic E-state index is 4.17. The normalized spacial score (nSPS) is 9.43. The van der Waals surface area contributed by atoms with Crippen molar-refractivity contribution in [2.45, 2.75) is 27.7 Å². The van der Waals surface area contributed by atoms with Crippen molar-refractivity contribution in [2.75, 3.05) is 0 Å². The molecule has 74 valence electrons. The molecule has 14 heavy (non-hydrogen) atoms. The van der Waals surface area contributed by atoms with Crippen LogP contribution in [-0.2, 0) is 0 Å². The molecule has 0 unspecified atom stereocenters. The average molecular weight is 188 g/mol. The minimum Gasteiger partial charge on any atom is -0.241 e. The molecule has 0 aliphatic rings. The Balaban J connectivity index is 0.000000461. The average Bonchev–Trinajstić information content (AvgIpc) is 2.22. The number of nitrogens with zero attached hydrogens (tertiary/aromatic N) is 2. The first kappa shape index (κ1) is 10.6. The Kier molecular flexibility index (Phi) is 3.57. The highest BCUT2D eigenvalue weighted by Crippen LogP contribution is 2.14. The molecule has 0 saturated heterocycles. The number of aromatic nitrogens is 2. The molecule has 0 bridgehead atoms. The lowest BCUT2D eigenvalue weighted by molar-refractivity contribution is 1.15. The maximum absolute atomic E-state index is 4.17. The molecule has 0 spiro atoms. The fourth-order valence-electron chi connectivity index (χ4n) is 1.30. The van der Waals surface area contributed by atoms with Crippen LogP contribution in [-0.4, -0.2) is 9.97 Å². The van der Waals surface area contributed by atoms with E-state index in [-0.39, 0.29) is 0 Å². The van der Waals surface area contributed by atoms with Crippen molar-refractivity contribution < 1.29 is 0 Å². The highest BCUT2D eigenvalue weighted by Gasteiger charge is 1.97. The van der Waals surface area contributed by atoms with E-state index in [1.54, 1.807) is 6.33 Å². The van der Waals surface area contributed by atoms with Crippen LogP contribution in [0.25, 0.3) is 10.9 Å². The van der Waals surface area contributed by atoms with Gasteiger partial charge in [-0.15, -0.1) is 0 Å². The third kappa shape index (κ3) is 2.08. The summed E-state index contributed by atoms with van der Waals surface area (Å²) >= 11 is 0. The molecule has 0 amide bonds. The molecule has 2 aromatic rings. The van der Waals surface area contributed by atoms with E-state index in [0.717, 1.165) is 16.6 Å². The Hall–Kier alpha value is -1.44. The summed E-state index contributed by atoms with van der Waals surface area (Å²) in [6.45, 7) is 8.08. The van der Waals surface area contributed by atoms with E-state index in [1.165, 1.54) is 5.56 Å². The largest absolute Gasteiger partial charge is 0.241 e. The minimum absolute atomic E-state index is 1.02. The predicted molar refractivity (Wildman–Crippen MR) is 60.4 cm³/mol. The van der Waals surface area contributed by atoms with E-state index in [2.05, 4.69) is 29.0 Å². The van der Waals surface area contributed by atoms with Crippen LogP contribution in [0.15, 0.2) is 24.5 Å². The Morgan fingerprint density at radius 2 is 1.71 bits per heavy atom. The van der Waals surface area contributed by atoms with Crippen molar-refractivity contribution >= 4 is 10.9 Å². The fraction of sp³-hybridized carbons (Fsp3) is 0.333. The van der Waals surface area contributed by atoms with Crippen LogP contribution in [0, 0.1) is 13.8 Å². The van der Waals surface area contributed by atoms with Crippen molar-refractivity contribution in [3.63, 3.8) is 0 Å². The molecule has 1 aromatic heterocycles. The second-order valence-corrected chi connectivity index (χ2v) is 2.98. The number of hydrogen-bond acceptors (Lipinski definition) is 2.